The summed E-state index contributed by atoms with van der Waals surface area (Å²) in [6.07, 6.45) is 0. The third-order valence-electron chi connectivity index (χ3n) is 12.7. The van der Waals surface area contributed by atoms with E-state index in [1.54, 1.807) is 0 Å². The van der Waals surface area contributed by atoms with Crippen LogP contribution in [0.15, 0.2) is 115 Å². The van der Waals surface area contributed by atoms with Gasteiger partial charge in [-0.3, -0.25) is 0 Å². The van der Waals surface area contributed by atoms with Gasteiger partial charge < -0.3 is 9.71 Å². The molecule has 0 saturated carbocycles. The van der Waals surface area contributed by atoms with Gasteiger partial charge in [0, 0.05) is 39.4 Å². The molecular weight excluding hydrogens is 663 g/mol. The first-order valence-corrected chi connectivity index (χ1v) is 20.2. The van der Waals surface area contributed by atoms with Crippen LogP contribution in [0.3, 0.4) is 0 Å². The predicted octanol–water partition coefficient (Wildman–Crippen LogP) is 12.9. The second kappa shape index (κ2) is 11.7. The summed E-state index contributed by atoms with van der Waals surface area (Å²) in [6, 6.07) is 45.0. The van der Waals surface area contributed by atoms with Gasteiger partial charge in [0.15, 0.2) is 0 Å². The molecule has 0 saturated heterocycles. The first-order chi connectivity index (χ1) is 25.9. The molecule has 0 radical (unpaired) electrons. The first kappa shape index (κ1) is 35.7. The molecule has 1 aliphatic carbocycles. The zero-order chi connectivity index (χ0) is 39.0. The number of benzene rings is 6. The number of anilines is 5. The van der Waals surface area contributed by atoms with Gasteiger partial charge in [-0.2, -0.15) is 0 Å². The van der Waals surface area contributed by atoms with Gasteiger partial charge >= 0.3 is 6.85 Å². The summed E-state index contributed by atoms with van der Waals surface area (Å²) < 4.78 is 0. The van der Waals surface area contributed by atoms with Crippen LogP contribution in [0.5, 0.6) is 0 Å². The van der Waals surface area contributed by atoms with E-state index < -0.39 is 0 Å². The maximum Gasteiger partial charge on any atom is 0.333 e. The Bertz CT molecular complexity index is 2520. The minimum absolute atomic E-state index is 0.0127. The largest absolute Gasteiger partial charge is 0.376 e. The molecule has 6 aromatic carbocycles. The molecule has 0 unspecified atom stereocenters. The summed E-state index contributed by atoms with van der Waals surface area (Å²) in [5.74, 6) is 0. The maximum absolute atomic E-state index is 2.74. The van der Waals surface area contributed by atoms with E-state index in [4.69, 9.17) is 0 Å². The van der Waals surface area contributed by atoms with Crippen molar-refractivity contribution in [3.63, 3.8) is 0 Å². The van der Waals surface area contributed by atoms with Crippen LogP contribution in [0.1, 0.15) is 110 Å². The quantitative estimate of drug-likeness (QED) is 0.165. The van der Waals surface area contributed by atoms with E-state index in [0.717, 1.165) is 0 Å². The Morgan fingerprint density at radius 1 is 0.509 bits per heavy atom. The fourth-order valence-electron chi connectivity index (χ4n) is 9.70. The van der Waals surface area contributed by atoms with E-state index in [1.165, 1.54) is 95.0 Å². The van der Waals surface area contributed by atoms with Gasteiger partial charge in [0.25, 0.3) is 0 Å². The minimum Gasteiger partial charge on any atom is -0.376 e. The fourth-order valence-corrected chi connectivity index (χ4v) is 9.70. The van der Waals surface area contributed by atoms with Crippen LogP contribution in [0.2, 0.25) is 0 Å². The van der Waals surface area contributed by atoms with Crippen LogP contribution in [0.25, 0.3) is 22.3 Å². The van der Waals surface area contributed by atoms with Crippen LogP contribution in [0.4, 0.5) is 28.4 Å². The molecule has 0 aromatic heterocycles. The van der Waals surface area contributed by atoms with Gasteiger partial charge in [-0.05, 0) is 121 Å². The topological polar surface area (TPSA) is 6.48 Å². The molecule has 2 nitrogen and oxygen atoms in total. The van der Waals surface area contributed by atoms with Crippen LogP contribution in [-0.2, 0) is 21.7 Å². The third-order valence-corrected chi connectivity index (χ3v) is 12.7. The lowest BCUT2D eigenvalue weighted by molar-refractivity contribution is 0.590. The van der Waals surface area contributed by atoms with Crippen LogP contribution < -0.4 is 20.6 Å². The van der Waals surface area contributed by atoms with Gasteiger partial charge in [-0.25, -0.2) is 0 Å². The van der Waals surface area contributed by atoms with Crippen LogP contribution in [0, 0.1) is 6.92 Å². The molecule has 3 heteroatoms. The lowest BCUT2D eigenvalue weighted by Crippen LogP contribution is -2.62. The maximum atomic E-state index is 2.74. The Balaban J connectivity index is 1.41. The zero-order valence-electron chi connectivity index (χ0n) is 34.9. The van der Waals surface area contributed by atoms with Crippen molar-refractivity contribution in [2.24, 2.45) is 0 Å². The summed E-state index contributed by atoms with van der Waals surface area (Å²) in [4.78, 5) is 5.29. The predicted molar refractivity (Wildman–Crippen MR) is 239 cm³/mol. The smallest absolute Gasteiger partial charge is 0.333 e. The Morgan fingerprint density at radius 2 is 1.07 bits per heavy atom. The van der Waals surface area contributed by atoms with Crippen molar-refractivity contribution in [2.45, 2.75) is 105 Å². The van der Waals surface area contributed by atoms with Gasteiger partial charge in [0.05, 0.1) is 0 Å². The Kier molecular flexibility index (Phi) is 7.62. The van der Waals surface area contributed by atoms with Crippen LogP contribution in [-0.4, -0.2) is 6.85 Å². The average molecular weight is 719 g/mol. The third kappa shape index (κ3) is 5.36. The lowest BCUT2D eigenvalue weighted by Gasteiger charge is -2.47. The van der Waals surface area contributed by atoms with Crippen molar-refractivity contribution < 1.29 is 0 Å². The lowest BCUT2D eigenvalue weighted by atomic mass is 9.42. The second-order valence-electron chi connectivity index (χ2n) is 20.0. The highest BCUT2D eigenvalue weighted by Gasteiger charge is 2.49. The van der Waals surface area contributed by atoms with Crippen molar-refractivity contribution in [3.8, 4) is 22.3 Å². The highest BCUT2D eigenvalue weighted by atomic mass is 15.2. The van der Waals surface area contributed by atoms with Crippen molar-refractivity contribution in [1.29, 1.82) is 0 Å². The fraction of sp³-hybridized carbons (Fsp3) is 0.308. The molecule has 0 fully saturated rings. The number of fused-ring (bicyclic) bond motifs is 8. The molecule has 55 heavy (non-hydrogen) atoms. The monoisotopic (exact) mass is 718 g/mol. The SMILES string of the molecule is Cc1cc2c3c(c1)N(c1ccc(C(C)(C)C)cc1)c1ccc(C(C)(C)C)cc1B3N(c1ccc(C(C)(C)C)cc1)c1c-2ccc2c1C(C)(C)c1ccccc1-2. The molecule has 2 heterocycles. The van der Waals surface area contributed by atoms with Crippen molar-refractivity contribution in [2.75, 3.05) is 9.71 Å². The number of hydrogen-bond acceptors (Lipinski definition) is 2. The first-order valence-electron chi connectivity index (χ1n) is 20.2. The van der Waals surface area contributed by atoms with Crippen molar-refractivity contribution in [3.05, 3.63) is 149 Å². The van der Waals surface area contributed by atoms with Crippen LogP contribution >= 0.6 is 0 Å². The molecule has 2 aliphatic heterocycles. The molecule has 0 atom stereocenters. The van der Waals surface area contributed by atoms with E-state index in [1.807, 2.05) is 0 Å². The molecule has 3 aliphatic rings. The molecule has 0 spiro atoms. The standard InChI is InChI=1S/C52H55BN2/c1-32-29-41-40-27-26-39-38-15-13-14-16-42(38)52(11,12)46(39)48(40)55(37-24-19-34(20-25-37)50(5,6)7)53-43-31-35(51(8,9)10)21-28-44(43)54(45(30-32)47(41)53)36-22-17-33(18-23-36)49(2,3)4/h13-31H,1-12H3. The van der Waals surface area contributed by atoms with E-state index >= 15 is 0 Å². The molecule has 0 bridgehead atoms. The highest BCUT2D eigenvalue weighted by Crippen LogP contribution is 2.58. The summed E-state index contributed by atoms with van der Waals surface area (Å²) in [5.41, 5.74) is 22.5. The van der Waals surface area contributed by atoms with E-state index in [2.05, 4.69) is 208 Å². The highest BCUT2D eigenvalue weighted by molar-refractivity contribution is 6.93. The van der Waals surface area contributed by atoms with Crippen molar-refractivity contribution in [1.82, 2.24) is 0 Å². The second-order valence-corrected chi connectivity index (χ2v) is 20.0. The summed E-state index contributed by atoms with van der Waals surface area (Å²) >= 11 is 0. The Hall–Kier alpha value is -5.02. The number of rotatable bonds is 2. The number of aryl methyl sites for hydroxylation is 1. The summed E-state index contributed by atoms with van der Waals surface area (Å²) in [5, 5.41) is 0. The zero-order valence-corrected chi connectivity index (χ0v) is 34.9. The molecular formula is C52H55BN2. The molecule has 6 aromatic rings. The molecule has 276 valence electrons. The van der Waals surface area contributed by atoms with E-state index in [0.29, 0.717) is 0 Å². The normalized spacial score (nSPS) is 15.3. The molecule has 9 rings (SSSR count). The van der Waals surface area contributed by atoms with E-state index in [-0.39, 0.29) is 28.5 Å². The van der Waals surface area contributed by atoms with Gasteiger partial charge in [0.1, 0.15) is 0 Å². The molecule has 0 amide bonds. The van der Waals surface area contributed by atoms with Gasteiger partial charge in [-0.15, -0.1) is 0 Å². The Morgan fingerprint density at radius 3 is 1.69 bits per heavy atom. The van der Waals surface area contributed by atoms with Crippen molar-refractivity contribution >= 4 is 46.2 Å². The summed E-state index contributed by atoms with van der Waals surface area (Å²) in [6.45, 7) is 28.0. The van der Waals surface area contributed by atoms with Gasteiger partial charge in [0.2, 0.25) is 0 Å². The van der Waals surface area contributed by atoms with E-state index in [9.17, 15) is 0 Å². The Labute approximate surface area is 330 Å². The van der Waals surface area contributed by atoms with Gasteiger partial charge in [-0.1, -0.05) is 155 Å². The number of hydrogen-bond donors (Lipinski definition) is 0. The minimum atomic E-state index is -0.184. The molecule has 0 N–H and O–H groups in total. The average Bonchev–Trinajstić information content (AvgIpc) is 3.36. The number of nitrogens with zero attached hydrogens (tertiary/aromatic N) is 2. The summed E-state index contributed by atoms with van der Waals surface area (Å²) in [7, 11) is 0.